The van der Waals surface area contributed by atoms with E-state index >= 15 is 0 Å². The van der Waals surface area contributed by atoms with Gasteiger partial charge in [0.2, 0.25) is 0 Å². The van der Waals surface area contributed by atoms with Gasteiger partial charge in [-0.05, 0) is 12.1 Å². The minimum Gasteiger partial charge on any atom is -0.394 e. The molecule has 7 nitrogen and oxygen atoms in total. The van der Waals surface area contributed by atoms with Gasteiger partial charge in [-0.3, -0.25) is 10.1 Å². The van der Waals surface area contributed by atoms with E-state index in [-0.39, 0.29) is 18.5 Å². The molecule has 1 fully saturated rings. The molecule has 3 atom stereocenters. The van der Waals surface area contributed by atoms with Crippen LogP contribution in [0, 0.1) is 10.1 Å². The third kappa shape index (κ3) is 2.05. The first-order chi connectivity index (χ1) is 9.60. The van der Waals surface area contributed by atoms with Crippen LogP contribution in [0.5, 0.6) is 0 Å². The number of hydrogen-bond donors (Lipinski definition) is 2. The van der Waals surface area contributed by atoms with Gasteiger partial charge in [-0.25, -0.2) is 0 Å². The Labute approximate surface area is 114 Å². The van der Waals surface area contributed by atoms with Crippen molar-refractivity contribution < 1.29 is 19.9 Å². The van der Waals surface area contributed by atoms with E-state index in [0.29, 0.717) is 6.42 Å². The van der Waals surface area contributed by atoms with E-state index in [1.54, 1.807) is 18.3 Å². The summed E-state index contributed by atoms with van der Waals surface area (Å²) in [4.78, 5) is 10.3. The Balaban J connectivity index is 1.95. The Morgan fingerprint density at radius 1 is 1.45 bits per heavy atom. The third-order valence-corrected chi connectivity index (χ3v) is 3.61. The Kier molecular flexibility index (Phi) is 3.17. The molecular weight excluding hydrogens is 264 g/mol. The normalized spacial score (nSPS) is 26.2. The zero-order valence-corrected chi connectivity index (χ0v) is 10.5. The van der Waals surface area contributed by atoms with Gasteiger partial charge in [0, 0.05) is 30.1 Å². The molecule has 0 spiro atoms. The van der Waals surface area contributed by atoms with E-state index in [1.165, 1.54) is 12.1 Å². The maximum absolute atomic E-state index is 10.7. The first kappa shape index (κ1) is 13.0. The van der Waals surface area contributed by atoms with Crippen LogP contribution in [0.25, 0.3) is 10.9 Å². The van der Waals surface area contributed by atoms with Gasteiger partial charge in [0.05, 0.1) is 23.2 Å². The zero-order chi connectivity index (χ0) is 14.3. The van der Waals surface area contributed by atoms with Gasteiger partial charge in [0.1, 0.15) is 12.3 Å². The molecule has 0 aliphatic carbocycles. The highest BCUT2D eigenvalue weighted by Crippen LogP contribution is 2.32. The van der Waals surface area contributed by atoms with Crippen LogP contribution in [-0.4, -0.2) is 38.5 Å². The summed E-state index contributed by atoms with van der Waals surface area (Å²) >= 11 is 0. The second kappa shape index (κ2) is 4.86. The van der Waals surface area contributed by atoms with Gasteiger partial charge in [0.25, 0.3) is 5.69 Å². The standard InChI is InChI=1S/C13H14N2O5/c16-7-12-11(17)6-13(20-12)14-4-3-8-5-9(15(18)19)1-2-10(8)14/h1-5,11-13,16-17H,6-7H2. The summed E-state index contributed by atoms with van der Waals surface area (Å²) < 4.78 is 7.40. The molecule has 0 bridgehead atoms. The number of aliphatic hydroxyl groups is 2. The van der Waals surface area contributed by atoms with Crippen molar-refractivity contribution in [3.8, 4) is 0 Å². The fourth-order valence-electron chi connectivity index (χ4n) is 2.57. The summed E-state index contributed by atoms with van der Waals surface area (Å²) in [6.07, 6.45) is 0.481. The molecule has 3 unspecified atom stereocenters. The lowest BCUT2D eigenvalue weighted by atomic mass is 10.2. The second-order valence-electron chi connectivity index (χ2n) is 4.84. The van der Waals surface area contributed by atoms with Gasteiger partial charge >= 0.3 is 0 Å². The summed E-state index contributed by atoms with van der Waals surface area (Å²) in [6.45, 7) is -0.234. The lowest BCUT2D eigenvalue weighted by molar-refractivity contribution is -0.384. The minimum absolute atomic E-state index is 0.0378. The van der Waals surface area contributed by atoms with Crippen LogP contribution < -0.4 is 0 Å². The van der Waals surface area contributed by atoms with Gasteiger partial charge in [-0.15, -0.1) is 0 Å². The summed E-state index contributed by atoms with van der Waals surface area (Å²) in [7, 11) is 0. The molecule has 2 heterocycles. The number of aliphatic hydroxyl groups excluding tert-OH is 2. The van der Waals surface area contributed by atoms with Crippen molar-refractivity contribution >= 4 is 16.6 Å². The predicted octanol–water partition coefficient (Wildman–Crippen LogP) is 1.19. The summed E-state index contributed by atoms with van der Waals surface area (Å²) in [5.41, 5.74) is 0.835. The number of rotatable bonds is 3. The van der Waals surface area contributed by atoms with E-state index < -0.39 is 17.1 Å². The summed E-state index contributed by atoms with van der Waals surface area (Å²) in [5.74, 6) is 0. The minimum atomic E-state index is -0.708. The Bertz CT molecular complexity index is 653. The molecule has 1 aromatic heterocycles. The van der Waals surface area contributed by atoms with Crippen LogP contribution in [-0.2, 0) is 4.74 Å². The van der Waals surface area contributed by atoms with E-state index in [1.807, 2.05) is 4.57 Å². The maximum atomic E-state index is 10.7. The van der Waals surface area contributed by atoms with Crippen molar-refractivity contribution in [2.24, 2.45) is 0 Å². The van der Waals surface area contributed by atoms with Crippen molar-refractivity contribution in [3.63, 3.8) is 0 Å². The number of non-ortho nitro benzene ring substituents is 1. The van der Waals surface area contributed by atoms with Crippen LogP contribution >= 0.6 is 0 Å². The van der Waals surface area contributed by atoms with Crippen LogP contribution in [0.15, 0.2) is 30.5 Å². The molecule has 2 aromatic rings. The number of nitrogens with zero attached hydrogens (tertiary/aromatic N) is 2. The maximum Gasteiger partial charge on any atom is 0.270 e. The van der Waals surface area contributed by atoms with Crippen LogP contribution in [0.2, 0.25) is 0 Å². The molecular formula is C13H14N2O5. The van der Waals surface area contributed by atoms with Crippen molar-refractivity contribution in [1.82, 2.24) is 4.57 Å². The number of benzene rings is 1. The van der Waals surface area contributed by atoms with Crippen molar-refractivity contribution in [3.05, 3.63) is 40.6 Å². The fraction of sp³-hybridized carbons (Fsp3) is 0.385. The van der Waals surface area contributed by atoms with Gasteiger partial charge in [-0.1, -0.05) is 0 Å². The molecule has 1 aliphatic rings. The van der Waals surface area contributed by atoms with Gasteiger partial charge in [0.15, 0.2) is 0 Å². The summed E-state index contributed by atoms with van der Waals surface area (Å²) in [5, 5.41) is 30.3. The van der Waals surface area contributed by atoms with E-state index in [9.17, 15) is 15.2 Å². The Hall–Kier alpha value is -1.96. The van der Waals surface area contributed by atoms with Crippen molar-refractivity contribution in [1.29, 1.82) is 0 Å². The first-order valence-corrected chi connectivity index (χ1v) is 6.29. The summed E-state index contributed by atoms with van der Waals surface area (Å²) in [6, 6.07) is 6.37. The van der Waals surface area contributed by atoms with Crippen LogP contribution in [0.3, 0.4) is 0 Å². The van der Waals surface area contributed by atoms with Crippen LogP contribution in [0.1, 0.15) is 12.6 Å². The number of nitro benzene ring substituents is 1. The molecule has 106 valence electrons. The highest BCUT2D eigenvalue weighted by atomic mass is 16.6. The highest BCUT2D eigenvalue weighted by Gasteiger charge is 2.34. The molecule has 0 radical (unpaired) electrons. The van der Waals surface area contributed by atoms with Crippen molar-refractivity contribution in [2.75, 3.05) is 6.61 Å². The Morgan fingerprint density at radius 3 is 2.90 bits per heavy atom. The molecule has 7 heteroatoms. The lowest BCUT2D eigenvalue weighted by Gasteiger charge is -2.14. The lowest BCUT2D eigenvalue weighted by Crippen LogP contribution is -2.24. The smallest absolute Gasteiger partial charge is 0.270 e. The van der Waals surface area contributed by atoms with Gasteiger partial charge in [-0.2, -0.15) is 0 Å². The monoisotopic (exact) mass is 278 g/mol. The van der Waals surface area contributed by atoms with Crippen LogP contribution in [0.4, 0.5) is 5.69 Å². The van der Waals surface area contributed by atoms with E-state index in [2.05, 4.69) is 0 Å². The second-order valence-corrected chi connectivity index (χ2v) is 4.84. The molecule has 3 rings (SSSR count). The molecule has 0 saturated carbocycles. The third-order valence-electron chi connectivity index (χ3n) is 3.61. The number of ether oxygens (including phenoxy) is 1. The topological polar surface area (TPSA) is 97.8 Å². The number of nitro groups is 1. The van der Waals surface area contributed by atoms with Crippen molar-refractivity contribution in [2.45, 2.75) is 24.9 Å². The zero-order valence-electron chi connectivity index (χ0n) is 10.5. The van der Waals surface area contributed by atoms with E-state index in [0.717, 1.165) is 10.9 Å². The Morgan fingerprint density at radius 2 is 2.25 bits per heavy atom. The first-order valence-electron chi connectivity index (χ1n) is 6.29. The molecule has 1 aliphatic heterocycles. The average molecular weight is 278 g/mol. The number of fused-ring (bicyclic) bond motifs is 1. The SMILES string of the molecule is O=[N+]([O-])c1ccc2c(ccn2C2CC(O)C(CO)O2)c1. The fourth-order valence-corrected chi connectivity index (χ4v) is 2.57. The van der Waals surface area contributed by atoms with Gasteiger partial charge < -0.3 is 19.5 Å². The molecule has 2 N–H and O–H groups in total. The number of aromatic nitrogens is 1. The quantitative estimate of drug-likeness (QED) is 0.649. The molecule has 20 heavy (non-hydrogen) atoms. The number of hydrogen-bond acceptors (Lipinski definition) is 5. The average Bonchev–Trinajstić information content (AvgIpc) is 3.00. The highest BCUT2D eigenvalue weighted by molar-refractivity contribution is 5.82. The predicted molar refractivity (Wildman–Crippen MR) is 70.2 cm³/mol. The largest absolute Gasteiger partial charge is 0.394 e. The molecule has 1 saturated heterocycles. The molecule has 0 amide bonds. The van der Waals surface area contributed by atoms with E-state index in [4.69, 9.17) is 9.84 Å². The molecule has 1 aromatic carbocycles.